The van der Waals surface area contributed by atoms with Gasteiger partial charge in [-0.25, -0.2) is 4.68 Å². The van der Waals surface area contributed by atoms with Crippen molar-refractivity contribution in [3.63, 3.8) is 0 Å². The van der Waals surface area contributed by atoms with Crippen LogP contribution in [0.3, 0.4) is 0 Å². The molecule has 2 aliphatic rings. The van der Waals surface area contributed by atoms with E-state index in [4.69, 9.17) is 4.74 Å². The van der Waals surface area contributed by atoms with Gasteiger partial charge in [0.15, 0.2) is 5.01 Å². The number of nitrogens with zero attached hydrogens (tertiary/aromatic N) is 4. The molecule has 3 aromatic rings. The second-order valence-electron chi connectivity index (χ2n) is 9.42. The topological polar surface area (TPSA) is 85.1 Å². The van der Waals surface area contributed by atoms with Gasteiger partial charge in [-0.15, -0.1) is 5.10 Å². The number of nitrogens with one attached hydrogen (secondary N) is 1. The molecule has 0 saturated carbocycles. The van der Waals surface area contributed by atoms with E-state index in [0.29, 0.717) is 27.7 Å². The number of aromatic hydroxyl groups is 1. The molecule has 2 saturated heterocycles. The van der Waals surface area contributed by atoms with Crippen LogP contribution in [0.4, 0.5) is 0 Å². The monoisotopic (exact) mass is 439 g/mol. The van der Waals surface area contributed by atoms with Crippen LogP contribution in [0.5, 0.6) is 10.9 Å². The number of aryl methyl sites for hydroxylation is 1. The average molecular weight is 440 g/mol. The molecule has 0 radical (unpaired) electrons. The first-order valence-electron chi connectivity index (χ1n) is 10.9. The minimum atomic E-state index is 0.0950. The maximum Gasteiger partial charge on any atom is 0.294 e. The number of phenolic OH excluding ortho intramolecular Hbond substituents is 1. The highest BCUT2D eigenvalue weighted by atomic mass is 32.1. The molecule has 5 atom stereocenters. The van der Waals surface area contributed by atoms with E-state index in [1.54, 1.807) is 10.7 Å². The van der Waals surface area contributed by atoms with Gasteiger partial charge in [0, 0.05) is 30.3 Å². The van der Waals surface area contributed by atoms with Crippen LogP contribution in [0.2, 0.25) is 0 Å². The Morgan fingerprint density at radius 3 is 2.81 bits per heavy atom. The van der Waals surface area contributed by atoms with E-state index in [-0.39, 0.29) is 17.4 Å². The number of aromatic nitrogens is 4. The molecule has 7 nitrogen and oxygen atoms in total. The summed E-state index contributed by atoms with van der Waals surface area (Å²) in [7, 11) is 0. The van der Waals surface area contributed by atoms with Crippen molar-refractivity contribution in [1.82, 2.24) is 25.3 Å². The number of fused-ring (bicyclic) bond motifs is 2. The predicted molar refractivity (Wildman–Crippen MR) is 121 cm³/mol. The fourth-order valence-corrected chi connectivity index (χ4v) is 6.01. The number of ether oxygens (including phenoxy) is 1. The van der Waals surface area contributed by atoms with Crippen molar-refractivity contribution in [1.29, 1.82) is 0 Å². The van der Waals surface area contributed by atoms with Crippen LogP contribution in [0.1, 0.15) is 45.7 Å². The van der Waals surface area contributed by atoms with Crippen molar-refractivity contribution >= 4 is 11.3 Å². The molecule has 5 unspecified atom stereocenters. The van der Waals surface area contributed by atoms with E-state index in [1.807, 2.05) is 31.3 Å². The summed E-state index contributed by atoms with van der Waals surface area (Å²) in [6.07, 6.45) is 5.15. The van der Waals surface area contributed by atoms with E-state index >= 15 is 0 Å². The summed E-state index contributed by atoms with van der Waals surface area (Å²) in [5, 5.41) is 28.6. The summed E-state index contributed by atoms with van der Waals surface area (Å²) < 4.78 is 8.03. The molecule has 2 bridgehead atoms. The molecular formula is C23H29N5O2S. The first-order valence-corrected chi connectivity index (χ1v) is 11.8. The lowest BCUT2D eigenvalue weighted by Gasteiger charge is -2.53. The van der Waals surface area contributed by atoms with Crippen molar-refractivity contribution in [2.24, 2.45) is 11.8 Å². The van der Waals surface area contributed by atoms with Crippen molar-refractivity contribution in [3.8, 4) is 27.2 Å². The van der Waals surface area contributed by atoms with Crippen LogP contribution in [0.15, 0.2) is 30.5 Å². The molecule has 2 aromatic heterocycles. The van der Waals surface area contributed by atoms with Gasteiger partial charge in [0.1, 0.15) is 11.9 Å². The summed E-state index contributed by atoms with van der Waals surface area (Å²) in [5.41, 5.74) is 2.47. The highest BCUT2D eigenvalue weighted by Crippen LogP contribution is 2.43. The maximum atomic E-state index is 10.6. The van der Waals surface area contributed by atoms with Crippen molar-refractivity contribution in [2.45, 2.75) is 64.6 Å². The standard InChI is InChI=1S/C23H29N5O2S/c1-13-9-16-10-18(12-23(4,24-16)15(13)3)30-22-26-25-21(31-22)19-6-5-17(11-20(19)29)28-8-7-14(2)27-28/h5-8,11,13,15-16,18,24,29H,9-10,12H2,1-4H3. The zero-order chi connectivity index (χ0) is 21.8. The third-order valence-electron chi connectivity index (χ3n) is 7.12. The van der Waals surface area contributed by atoms with Gasteiger partial charge < -0.3 is 15.2 Å². The van der Waals surface area contributed by atoms with E-state index < -0.39 is 0 Å². The maximum absolute atomic E-state index is 10.6. The third kappa shape index (κ3) is 3.83. The highest BCUT2D eigenvalue weighted by molar-refractivity contribution is 7.16. The highest BCUT2D eigenvalue weighted by Gasteiger charge is 2.47. The zero-order valence-corrected chi connectivity index (χ0v) is 19.2. The Labute approximate surface area is 186 Å². The Morgan fingerprint density at radius 1 is 1.23 bits per heavy atom. The molecule has 4 heterocycles. The normalized spacial score (nSPS) is 30.3. The van der Waals surface area contributed by atoms with Gasteiger partial charge in [-0.3, -0.25) is 0 Å². The number of benzene rings is 1. The van der Waals surface area contributed by atoms with Crippen molar-refractivity contribution in [3.05, 3.63) is 36.2 Å². The van der Waals surface area contributed by atoms with Gasteiger partial charge in [0.2, 0.25) is 0 Å². The molecule has 31 heavy (non-hydrogen) atoms. The predicted octanol–water partition coefficient (Wildman–Crippen LogP) is 4.34. The molecule has 5 rings (SSSR count). The smallest absolute Gasteiger partial charge is 0.294 e. The Bertz CT molecular complexity index is 1100. The van der Waals surface area contributed by atoms with Gasteiger partial charge in [0.25, 0.3) is 5.19 Å². The number of rotatable bonds is 4. The molecule has 8 heteroatoms. The summed E-state index contributed by atoms with van der Waals surface area (Å²) in [6.45, 7) is 8.96. The lowest BCUT2D eigenvalue weighted by Crippen LogP contribution is -2.64. The summed E-state index contributed by atoms with van der Waals surface area (Å²) in [6, 6.07) is 7.88. The minimum Gasteiger partial charge on any atom is -0.507 e. The van der Waals surface area contributed by atoms with E-state index in [9.17, 15) is 5.11 Å². The van der Waals surface area contributed by atoms with E-state index in [2.05, 4.69) is 41.4 Å². The largest absolute Gasteiger partial charge is 0.507 e. The number of piperidine rings is 2. The molecule has 0 spiro atoms. The summed E-state index contributed by atoms with van der Waals surface area (Å²) in [4.78, 5) is 0. The number of hydrogen-bond donors (Lipinski definition) is 2. The third-order valence-corrected chi connectivity index (χ3v) is 7.97. The van der Waals surface area contributed by atoms with Gasteiger partial charge in [-0.1, -0.05) is 30.3 Å². The Morgan fingerprint density at radius 2 is 2.06 bits per heavy atom. The van der Waals surface area contributed by atoms with Crippen LogP contribution in [-0.4, -0.2) is 42.8 Å². The SMILES string of the molecule is Cc1ccn(-c2ccc(-c3nnc(OC4CC5CC(C)C(C)C(C)(C4)N5)s3)c(O)c2)n1. The molecular weight excluding hydrogens is 410 g/mol. The molecule has 2 fully saturated rings. The van der Waals surface area contributed by atoms with Gasteiger partial charge >= 0.3 is 0 Å². The molecule has 164 valence electrons. The number of hydrogen-bond acceptors (Lipinski definition) is 7. The summed E-state index contributed by atoms with van der Waals surface area (Å²) in [5.74, 6) is 1.48. The molecule has 2 N–H and O–H groups in total. The molecule has 2 aliphatic heterocycles. The number of phenols is 1. The lowest BCUT2D eigenvalue weighted by atomic mass is 9.66. The Balaban J connectivity index is 1.32. The molecule has 0 amide bonds. The first-order chi connectivity index (χ1) is 14.8. The van der Waals surface area contributed by atoms with Crippen LogP contribution >= 0.6 is 11.3 Å². The second-order valence-corrected chi connectivity index (χ2v) is 10.4. The Kier molecular flexibility index (Phi) is 5.01. The van der Waals surface area contributed by atoms with Crippen LogP contribution < -0.4 is 10.1 Å². The van der Waals surface area contributed by atoms with Crippen LogP contribution in [-0.2, 0) is 0 Å². The van der Waals surface area contributed by atoms with Crippen LogP contribution in [0, 0.1) is 18.8 Å². The zero-order valence-electron chi connectivity index (χ0n) is 18.4. The first kappa shape index (κ1) is 20.5. The minimum absolute atomic E-state index is 0.0950. The van der Waals surface area contributed by atoms with Gasteiger partial charge in [0.05, 0.1) is 16.9 Å². The van der Waals surface area contributed by atoms with Gasteiger partial charge in [-0.2, -0.15) is 5.10 Å². The lowest BCUT2D eigenvalue weighted by molar-refractivity contribution is -0.00403. The summed E-state index contributed by atoms with van der Waals surface area (Å²) >= 11 is 1.38. The quantitative estimate of drug-likeness (QED) is 0.629. The van der Waals surface area contributed by atoms with E-state index in [1.165, 1.54) is 17.8 Å². The molecule has 0 aliphatic carbocycles. The fourth-order valence-electron chi connectivity index (χ4n) is 5.21. The van der Waals surface area contributed by atoms with E-state index in [0.717, 1.165) is 30.1 Å². The van der Waals surface area contributed by atoms with Gasteiger partial charge in [-0.05, 0) is 56.7 Å². The van der Waals surface area contributed by atoms with Crippen LogP contribution in [0.25, 0.3) is 16.3 Å². The molecule has 1 aromatic carbocycles. The fraction of sp³-hybridized carbons (Fsp3) is 0.522. The van der Waals surface area contributed by atoms with Crippen molar-refractivity contribution < 1.29 is 9.84 Å². The average Bonchev–Trinajstić information content (AvgIpc) is 3.35. The second kappa shape index (κ2) is 7.60. The van der Waals surface area contributed by atoms with Crippen molar-refractivity contribution in [2.75, 3.05) is 0 Å². The Hall–Kier alpha value is -2.45.